The number of ether oxygens (including phenoxy) is 1. The molecule has 5 nitrogen and oxygen atoms in total. The van der Waals surface area contributed by atoms with E-state index in [0.29, 0.717) is 12.8 Å². The fourth-order valence-electron chi connectivity index (χ4n) is 2.87. The molecule has 0 aliphatic heterocycles. The summed E-state index contributed by atoms with van der Waals surface area (Å²) in [5.41, 5.74) is 1.37. The summed E-state index contributed by atoms with van der Waals surface area (Å²) in [7, 11) is 0. The van der Waals surface area contributed by atoms with Crippen LogP contribution in [0.25, 0.3) is 0 Å². The molecule has 0 radical (unpaired) electrons. The minimum absolute atomic E-state index is 0.384. The predicted molar refractivity (Wildman–Crippen MR) is 114 cm³/mol. The first-order chi connectivity index (χ1) is 13.7. The van der Waals surface area contributed by atoms with Crippen LogP contribution in [0.2, 0.25) is 0 Å². The first-order valence-electron chi connectivity index (χ1n) is 9.71. The first-order valence-corrected chi connectivity index (χ1v) is 9.71. The van der Waals surface area contributed by atoms with Crippen molar-refractivity contribution in [2.75, 3.05) is 0 Å². The van der Waals surface area contributed by atoms with Crippen LogP contribution in [0, 0.1) is 5.92 Å². The summed E-state index contributed by atoms with van der Waals surface area (Å²) < 4.78 is 5.36. The maximum absolute atomic E-state index is 12.2. The summed E-state index contributed by atoms with van der Waals surface area (Å²) in [5, 5.41) is 12.4. The zero-order chi connectivity index (χ0) is 21.3. The van der Waals surface area contributed by atoms with Crippen LogP contribution in [0.5, 0.6) is 0 Å². The van der Waals surface area contributed by atoms with Gasteiger partial charge in [0.2, 0.25) is 0 Å². The molecule has 0 saturated carbocycles. The number of alkyl carbamates (subject to hydrolysis) is 1. The van der Waals surface area contributed by atoms with Crippen molar-refractivity contribution in [1.29, 1.82) is 0 Å². The molecule has 0 aliphatic carbocycles. The smallest absolute Gasteiger partial charge is 0.408 e. The number of nitrogens with one attached hydrogen (secondary N) is 1. The highest BCUT2D eigenvalue weighted by Crippen LogP contribution is 2.13. The summed E-state index contributed by atoms with van der Waals surface area (Å²) in [4.78, 5) is 24.0. The molecule has 0 unspecified atom stereocenters. The van der Waals surface area contributed by atoms with Crippen molar-refractivity contribution in [3.05, 3.63) is 83.9 Å². The van der Waals surface area contributed by atoms with Gasteiger partial charge in [-0.15, -0.1) is 0 Å². The lowest BCUT2D eigenvalue weighted by Gasteiger charge is -2.22. The van der Waals surface area contributed by atoms with Gasteiger partial charge in [-0.3, -0.25) is 4.79 Å². The largest absolute Gasteiger partial charge is 0.481 e. The Morgan fingerprint density at radius 3 is 1.93 bits per heavy atom. The van der Waals surface area contributed by atoms with Crippen LogP contribution in [-0.4, -0.2) is 28.8 Å². The zero-order valence-electron chi connectivity index (χ0n) is 17.2. The Labute approximate surface area is 172 Å². The van der Waals surface area contributed by atoms with Crippen molar-refractivity contribution >= 4 is 12.1 Å². The van der Waals surface area contributed by atoms with E-state index >= 15 is 0 Å². The zero-order valence-corrected chi connectivity index (χ0v) is 17.2. The number of aliphatic carboxylic acids is 1. The van der Waals surface area contributed by atoms with Gasteiger partial charge in [0.1, 0.15) is 5.60 Å². The third kappa shape index (κ3) is 8.64. The lowest BCUT2D eigenvalue weighted by Crippen LogP contribution is -2.39. The topological polar surface area (TPSA) is 75.6 Å². The second-order valence-corrected chi connectivity index (χ2v) is 7.96. The molecule has 0 aliphatic rings. The van der Waals surface area contributed by atoms with E-state index in [9.17, 15) is 14.7 Å². The number of hydrogen-bond donors (Lipinski definition) is 2. The number of rotatable bonds is 8. The lowest BCUT2D eigenvalue weighted by atomic mass is 9.97. The monoisotopic (exact) mass is 395 g/mol. The van der Waals surface area contributed by atoms with Gasteiger partial charge >= 0.3 is 12.1 Å². The van der Waals surface area contributed by atoms with Crippen LogP contribution in [0.4, 0.5) is 4.79 Å². The third-order valence-electron chi connectivity index (χ3n) is 4.19. The minimum Gasteiger partial charge on any atom is -0.481 e. The van der Waals surface area contributed by atoms with Crippen LogP contribution in [-0.2, 0) is 22.4 Å². The molecule has 2 rings (SSSR count). The molecule has 0 heterocycles. The van der Waals surface area contributed by atoms with Gasteiger partial charge in [0.15, 0.2) is 0 Å². The van der Waals surface area contributed by atoms with Crippen LogP contribution in [0.15, 0.2) is 72.8 Å². The summed E-state index contributed by atoms with van der Waals surface area (Å²) in [6.07, 6.45) is 3.79. The average Bonchev–Trinajstić information content (AvgIpc) is 2.64. The number of hydrogen-bond acceptors (Lipinski definition) is 3. The van der Waals surface area contributed by atoms with E-state index in [1.54, 1.807) is 32.9 Å². The van der Waals surface area contributed by atoms with Crippen LogP contribution >= 0.6 is 0 Å². The van der Waals surface area contributed by atoms with Gasteiger partial charge in [-0.05, 0) is 44.7 Å². The first kappa shape index (κ1) is 22.2. The average molecular weight is 395 g/mol. The summed E-state index contributed by atoms with van der Waals surface area (Å²) in [6, 6.07) is 18.8. The fraction of sp³-hybridized carbons (Fsp3) is 0.333. The molecule has 0 bridgehead atoms. The van der Waals surface area contributed by atoms with E-state index in [0.717, 1.165) is 11.1 Å². The van der Waals surface area contributed by atoms with Crippen LogP contribution in [0.1, 0.15) is 31.9 Å². The van der Waals surface area contributed by atoms with Gasteiger partial charge in [0, 0.05) is 0 Å². The molecule has 154 valence electrons. The molecule has 0 aromatic heterocycles. The molecule has 29 heavy (non-hydrogen) atoms. The Kier molecular flexibility index (Phi) is 8.01. The number of carboxylic acids is 1. The highest BCUT2D eigenvalue weighted by Gasteiger charge is 2.20. The maximum Gasteiger partial charge on any atom is 0.408 e. The normalized spacial score (nSPS) is 13.6. The molecule has 0 saturated heterocycles. The van der Waals surface area contributed by atoms with Crippen molar-refractivity contribution in [3.8, 4) is 0 Å². The van der Waals surface area contributed by atoms with Crippen LogP contribution < -0.4 is 5.32 Å². The second kappa shape index (κ2) is 10.5. The number of benzene rings is 2. The number of carbonyl (C=O) groups is 2. The van der Waals surface area contributed by atoms with E-state index in [1.807, 2.05) is 60.7 Å². The van der Waals surface area contributed by atoms with Crippen molar-refractivity contribution in [2.45, 2.75) is 45.3 Å². The van der Waals surface area contributed by atoms with E-state index in [-0.39, 0.29) is 6.04 Å². The van der Waals surface area contributed by atoms with Crippen LogP contribution in [0.3, 0.4) is 0 Å². The molecule has 0 fully saturated rings. The Balaban J connectivity index is 2.14. The maximum atomic E-state index is 12.2. The Morgan fingerprint density at radius 1 is 0.931 bits per heavy atom. The van der Waals surface area contributed by atoms with Crippen molar-refractivity contribution < 1.29 is 19.4 Å². The van der Waals surface area contributed by atoms with Gasteiger partial charge < -0.3 is 15.2 Å². The van der Waals surface area contributed by atoms with E-state index < -0.39 is 23.6 Å². The minimum atomic E-state index is -0.902. The Hall–Kier alpha value is -3.08. The standard InChI is InChI=1S/C24H29NO4/c1-24(2,3)29-23(28)25-21(17-19-12-8-5-9-13-19)15-14-20(22(26)27)16-18-10-6-4-7-11-18/h4-15,20-21H,16-17H2,1-3H3,(H,25,28)(H,26,27)/t20-,21+/m0/s1. The molecular formula is C24H29NO4. The third-order valence-corrected chi connectivity index (χ3v) is 4.19. The highest BCUT2D eigenvalue weighted by atomic mass is 16.6. The molecule has 2 aromatic carbocycles. The predicted octanol–water partition coefficient (Wildman–Crippen LogP) is 4.62. The van der Waals surface area contributed by atoms with Gasteiger partial charge in [0.05, 0.1) is 12.0 Å². The molecule has 2 aromatic rings. The molecular weight excluding hydrogens is 366 g/mol. The second-order valence-electron chi connectivity index (χ2n) is 7.96. The van der Waals surface area contributed by atoms with Crippen molar-refractivity contribution in [2.24, 2.45) is 5.92 Å². The summed E-state index contributed by atoms with van der Waals surface area (Å²) >= 11 is 0. The molecule has 5 heteroatoms. The van der Waals surface area contributed by atoms with E-state index in [1.165, 1.54) is 0 Å². The quantitative estimate of drug-likeness (QED) is 0.640. The Morgan fingerprint density at radius 2 is 1.45 bits per heavy atom. The highest BCUT2D eigenvalue weighted by molar-refractivity contribution is 5.73. The molecule has 2 atom stereocenters. The van der Waals surface area contributed by atoms with Gasteiger partial charge in [0.25, 0.3) is 0 Å². The van der Waals surface area contributed by atoms with E-state index in [4.69, 9.17) is 4.74 Å². The van der Waals surface area contributed by atoms with Crippen molar-refractivity contribution in [3.63, 3.8) is 0 Å². The van der Waals surface area contributed by atoms with Crippen molar-refractivity contribution in [1.82, 2.24) is 5.32 Å². The summed E-state index contributed by atoms with van der Waals surface area (Å²) in [5.74, 6) is -1.59. The van der Waals surface area contributed by atoms with Gasteiger partial charge in [-0.1, -0.05) is 72.8 Å². The SMILES string of the molecule is CC(C)(C)OC(=O)N[C@H](C=C[C@@H](Cc1ccccc1)C(=O)O)Cc1ccccc1. The fourth-order valence-corrected chi connectivity index (χ4v) is 2.87. The van der Waals surface area contributed by atoms with Gasteiger partial charge in [-0.25, -0.2) is 4.79 Å². The van der Waals surface area contributed by atoms with Gasteiger partial charge in [-0.2, -0.15) is 0 Å². The summed E-state index contributed by atoms with van der Waals surface area (Å²) in [6.45, 7) is 5.40. The number of carbonyl (C=O) groups excluding carboxylic acids is 1. The number of amides is 1. The molecule has 2 N–H and O–H groups in total. The number of carboxylic acid groups (broad SMARTS) is 1. The molecule has 0 spiro atoms. The van der Waals surface area contributed by atoms with E-state index in [2.05, 4.69) is 5.32 Å². The lowest BCUT2D eigenvalue weighted by molar-refractivity contribution is -0.140. The molecule has 1 amide bonds. The Bertz CT molecular complexity index is 810.